The van der Waals surface area contributed by atoms with Crippen LogP contribution in [0, 0.1) is 6.92 Å². The minimum absolute atomic E-state index is 0.0885. The van der Waals surface area contributed by atoms with Gasteiger partial charge in [-0.15, -0.1) is 0 Å². The number of aliphatic hydroxyl groups excluding tert-OH is 1. The molecule has 1 aromatic carbocycles. The third-order valence-electron chi connectivity index (χ3n) is 2.05. The van der Waals surface area contributed by atoms with E-state index in [9.17, 15) is 0 Å². The van der Waals surface area contributed by atoms with Crippen LogP contribution in [0.5, 0.6) is 0 Å². The van der Waals surface area contributed by atoms with Crippen molar-refractivity contribution in [2.24, 2.45) is 5.73 Å². The Morgan fingerprint density at radius 3 is 2.33 bits per heavy atom. The van der Waals surface area contributed by atoms with Gasteiger partial charge in [-0.3, -0.25) is 0 Å². The number of benzene rings is 1. The summed E-state index contributed by atoms with van der Waals surface area (Å²) in [5.74, 6) is 0.0885. The van der Waals surface area contributed by atoms with Crippen molar-refractivity contribution in [2.45, 2.75) is 12.8 Å². The highest BCUT2D eigenvalue weighted by molar-refractivity contribution is 5.24. The fourth-order valence-electron chi connectivity index (χ4n) is 1.15. The Balaban J connectivity index is 2.80. The van der Waals surface area contributed by atoms with Crippen LogP contribution in [0.3, 0.4) is 0 Å². The summed E-state index contributed by atoms with van der Waals surface area (Å²) in [5.41, 5.74) is 7.84. The van der Waals surface area contributed by atoms with Gasteiger partial charge in [0.1, 0.15) is 0 Å². The maximum atomic E-state index is 8.97. The van der Waals surface area contributed by atoms with Gasteiger partial charge in [0, 0.05) is 12.5 Å². The van der Waals surface area contributed by atoms with E-state index in [1.807, 2.05) is 31.2 Å². The van der Waals surface area contributed by atoms with Gasteiger partial charge < -0.3 is 10.8 Å². The van der Waals surface area contributed by atoms with Gasteiger partial charge in [0.2, 0.25) is 0 Å². The summed E-state index contributed by atoms with van der Waals surface area (Å²) in [6.45, 7) is 2.67. The topological polar surface area (TPSA) is 46.2 Å². The standard InChI is InChI=1S/C10H15NO/c1-8-2-4-9(5-3-8)10(6-11)7-12/h2-5,10,12H,6-7,11H2,1H3/t10-/m0/s1. The zero-order valence-electron chi connectivity index (χ0n) is 7.33. The number of hydrogen-bond donors (Lipinski definition) is 2. The van der Waals surface area contributed by atoms with Crippen molar-refractivity contribution < 1.29 is 5.11 Å². The molecule has 3 N–H and O–H groups in total. The molecule has 0 aromatic heterocycles. The first kappa shape index (κ1) is 9.23. The lowest BCUT2D eigenvalue weighted by molar-refractivity contribution is 0.268. The molecule has 0 heterocycles. The Labute approximate surface area is 73.0 Å². The SMILES string of the molecule is Cc1ccc([C@@H](CN)CO)cc1. The van der Waals surface area contributed by atoms with Gasteiger partial charge in [-0.1, -0.05) is 29.8 Å². The smallest absolute Gasteiger partial charge is 0.0511 e. The van der Waals surface area contributed by atoms with Crippen LogP contribution in [0.4, 0.5) is 0 Å². The van der Waals surface area contributed by atoms with Crippen LogP contribution in [-0.4, -0.2) is 18.3 Å². The molecule has 0 fully saturated rings. The lowest BCUT2D eigenvalue weighted by atomic mass is 9.99. The second-order valence-electron chi connectivity index (χ2n) is 3.03. The average Bonchev–Trinajstić information content (AvgIpc) is 2.10. The first-order valence-corrected chi connectivity index (χ1v) is 4.15. The van der Waals surface area contributed by atoms with E-state index in [-0.39, 0.29) is 12.5 Å². The summed E-state index contributed by atoms with van der Waals surface area (Å²) < 4.78 is 0. The quantitative estimate of drug-likeness (QED) is 0.702. The predicted octanol–water partition coefficient (Wildman–Crippen LogP) is 1.03. The monoisotopic (exact) mass is 165 g/mol. The summed E-state index contributed by atoms with van der Waals surface area (Å²) in [6, 6.07) is 8.10. The fraction of sp³-hybridized carbons (Fsp3) is 0.400. The van der Waals surface area contributed by atoms with E-state index >= 15 is 0 Å². The second kappa shape index (κ2) is 4.24. The third-order valence-corrected chi connectivity index (χ3v) is 2.05. The van der Waals surface area contributed by atoms with Gasteiger partial charge in [-0.25, -0.2) is 0 Å². The molecule has 0 bridgehead atoms. The first-order valence-electron chi connectivity index (χ1n) is 4.15. The molecule has 66 valence electrons. The molecule has 0 aliphatic heterocycles. The molecule has 0 unspecified atom stereocenters. The van der Waals surface area contributed by atoms with Crippen LogP contribution in [0.2, 0.25) is 0 Å². The number of aliphatic hydroxyl groups is 1. The molecule has 0 saturated heterocycles. The van der Waals surface area contributed by atoms with Crippen molar-refractivity contribution in [1.82, 2.24) is 0 Å². The zero-order chi connectivity index (χ0) is 8.97. The molecule has 0 saturated carbocycles. The predicted molar refractivity (Wildman–Crippen MR) is 50.1 cm³/mol. The molecule has 1 rings (SSSR count). The highest BCUT2D eigenvalue weighted by Crippen LogP contribution is 2.13. The van der Waals surface area contributed by atoms with Crippen molar-refractivity contribution >= 4 is 0 Å². The van der Waals surface area contributed by atoms with E-state index in [1.54, 1.807) is 0 Å². The van der Waals surface area contributed by atoms with Crippen molar-refractivity contribution in [1.29, 1.82) is 0 Å². The Hall–Kier alpha value is -0.860. The molecule has 0 aliphatic rings. The summed E-state index contributed by atoms with van der Waals surface area (Å²) in [7, 11) is 0. The van der Waals surface area contributed by atoms with E-state index in [0.29, 0.717) is 6.54 Å². The number of aryl methyl sites for hydroxylation is 1. The summed E-state index contributed by atoms with van der Waals surface area (Å²) in [6.07, 6.45) is 0. The van der Waals surface area contributed by atoms with E-state index < -0.39 is 0 Å². The maximum absolute atomic E-state index is 8.97. The first-order chi connectivity index (χ1) is 5.77. The zero-order valence-corrected chi connectivity index (χ0v) is 7.33. The van der Waals surface area contributed by atoms with Crippen LogP contribution in [0.25, 0.3) is 0 Å². The van der Waals surface area contributed by atoms with Gasteiger partial charge in [-0.2, -0.15) is 0 Å². The van der Waals surface area contributed by atoms with Gasteiger partial charge in [0.15, 0.2) is 0 Å². The molecular weight excluding hydrogens is 150 g/mol. The van der Waals surface area contributed by atoms with Gasteiger partial charge in [0.25, 0.3) is 0 Å². The minimum atomic E-state index is 0.0885. The molecule has 1 atom stereocenters. The van der Waals surface area contributed by atoms with Crippen LogP contribution in [0.15, 0.2) is 24.3 Å². The van der Waals surface area contributed by atoms with Gasteiger partial charge >= 0.3 is 0 Å². The van der Waals surface area contributed by atoms with Crippen molar-refractivity contribution in [3.8, 4) is 0 Å². The average molecular weight is 165 g/mol. The van der Waals surface area contributed by atoms with E-state index in [0.717, 1.165) is 5.56 Å². The molecule has 12 heavy (non-hydrogen) atoms. The molecule has 0 aliphatic carbocycles. The normalized spacial score (nSPS) is 12.9. The summed E-state index contributed by atoms with van der Waals surface area (Å²) in [4.78, 5) is 0. The van der Waals surface area contributed by atoms with Crippen molar-refractivity contribution in [2.75, 3.05) is 13.2 Å². The third kappa shape index (κ3) is 2.06. The van der Waals surface area contributed by atoms with Crippen LogP contribution >= 0.6 is 0 Å². The van der Waals surface area contributed by atoms with Gasteiger partial charge in [-0.05, 0) is 12.5 Å². The highest BCUT2D eigenvalue weighted by Gasteiger charge is 2.06. The molecule has 0 spiro atoms. The highest BCUT2D eigenvalue weighted by atomic mass is 16.3. The molecule has 2 nitrogen and oxygen atoms in total. The maximum Gasteiger partial charge on any atom is 0.0511 e. The fourth-order valence-corrected chi connectivity index (χ4v) is 1.15. The summed E-state index contributed by atoms with van der Waals surface area (Å²) in [5, 5.41) is 8.97. The Morgan fingerprint density at radius 2 is 1.92 bits per heavy atom. The second-order valence-corrected chi connectivity index (χ2v) is 3.03. The summed E-state index contributed by atoms with van der Waals surface area (Å²) >= 11 is 0. The number of rotatable bonds is 3. The Bertz CT molecular complexity index is 226. The molecular formula is C10H15NO. The number of nitrogens with two attached hydrogens (primary N) is 1. The van der Waals surface area contributed by atoms with Crippen molar-refractivity contribution in [3.05, 3.63) is 35.4 Å². The largest absolute Gasteiger partial charge is 0.396 e. The van der Waals surface area contributed by atoms with E-state index in [2.05, 4.69) is 0 Å². The Morgan fingerprint density at radius 1 is 1.33 bits per heavy atom. The molecule has 2 heteroatoms. The van der Waals surface area contributed by atoms with E-state index in [4.69, 9.17) is 10.8 Å². The lowest BCUT2D eigenvalue weighted by Crippen LogP contribution is -2.15. The Kier molecular flexibility index (Phi) is 3.26. The van der Waals surface area contributed by atoms with E-state index in [1.165, 1.54) is 5.56 Å². The lowest BCUT2D eigenvalue weighted by Gasteiger charge is -2.11. The molecule has 0 radical (unpaired) electrons. The number of hydrogen-bond acceptors (Lipinski definition) is 2. The van der Waals surface area contributed by atoms with Gasteiger partial charge in [0.05, 0.1) is 6.61 Å². The van der Waals surface area contributed by atoms with Crippen LogP contribution in [0.1, 0.15) is 17.0 Å². The minimum Gasteiger partial charge on any atom is -0.396 e. The van der Waals surface area contributed by atoms with Crippen LogP contribution in [-0.2, 0) is 0 Å². The van der Waals surface area contributed by atoms with Crippen LogP contribution < -0.4 is 5.73 Å². The van der Waals surface area contributed by atoms with Crippen molar-refractivity contribution in [3.63, 3.8) is 0 Å². The molecule has 1 aromatic rings. The molecule has 0 amide bonds.